The maximum absolute atomic E-state index is 15.5. The van der Waals surface area contributed by atoms with Crippen molar-refractivity contribution in [2.45, 2.75) is 77.5 Å². The number of aryl methyl sites for hydroxylation is 1. The fraction of sp³-hybridized carbons (Fsp3) is 0.542. The normalized spacial score (nSPS) is 25.7. The predicted molar refractivity (Wildman–Crippen MR) is 134 cm³/mol. The first kappa shape index (κ1) is 29.9. The van der Waals surface area contributed by atoms with Gasteiger partial charge < -0.3 is 14.6 Å². The molecule has 0 saturated carbocycles. The van der Waals surface area contributed by atoms with Crippen LogP contribution in [0.5, 0.6) is 0 Å². The fourth-order valence-corrected chi connectivity index (χ4v) is 5.25. The molecule has 38 heavy (non-hydrogen) atoms. The quantitative estimate of drug-likeness (QED) is 0.276. The van der Waals surface area contributed by atoms with E-state index >= 15 is 4.39 Å². The zero-order chi connectivity index (χ0) is 28.3. The minimum absolute atomic E-state index is 0.146. The number of halogens is 1. The van der Waals surface area contributed by atoms with Crippen LogP contribution in [0, 0.1) is 6.92 Å². The SMILES string of the molecule is Cc1ccccc1CO[P@](=O)(N[C@@H](C)C(=O)OC(C)C)OC[C@H]1O[C@@H](n2ccc(=O)[nH]c2=O)[C@](C)(F)[C@@H]1O. The highest BCUT2D eigenvalue weighted by molar-refractivity contribution is 7.51. The second kappa shape index (κ2) is 12.0. The minimum atomic E-state index is -4.27. The van der Waals surface area contributed by atoms with Crippen LogP contribution in [-0.4, -0.2) is 57.3 Å². The first-order chi connectivity index (χ1) is 17.7. The van der Waals surface area contributed by atoms with Crippen molar-refractivity contribution in [3.63, 3.8) is 0 Å². The maximum atomic E-state index is 15.5. The Balaban J connectivity index is 1.79. The van der Waals surface area contributed by atoms with E-state index in [1.807, 2.05) is 24.0 Å². The third kappa shape index (κ3) is 7.04. The van der Waals surface area contributed by atoms with E-state index in [2.05, 4.69) is 5.09 Å². The summed E-state index contributed by atoms with van der Waals surface area (Å²) >= 11 is 0. The number of alkyl halides is 1. The zero-order valence-electron chi connectivity index (χ0n) is 21.8. The number of rotatable bonds is 11. The largest absolute Gasteiger partial charge is 0.462 e. The van der Waals surface area contributed by atoms with E-state index in [0.29, 0.717) is 5.56 Å². The summed E-state index contributed by atoms with van der Waals surface area (Å²) < 4.78 is 51.8. The van der Waals surface area contributed by atoms with Gasteiger partial charge >= 0.3 is 19.4 Å². The molecular weight excluding hydrogens is 524 g/mol. The second-order valence-corrected chi connectivity index (χ2v) is 11.2. The molecule has 0 spiro atoms. The molecule has 0 aliphatic carbocycles. The highest BCUT2D eigenvalue weighted by atomic mass is 31.2. The molecule has 0 bridgehead atoms. The van der Waals surface area contributed by atoms with Gasteiger partial charge in [-0.2, -0.15) is 0 Å². The van der Waals surface area contributed by atoms with Gasteiger partial charge in [-0.05, 0) is 45.7 Å². The van der Waals surface area contributed by atoms with Crippen LogP contribution in [0.25, 0.3) is 0 Å². The number of aliphatic hydroxyl groups excluding tert-OH is 1. The first-order valence-corrected chi connectivity index (χ1v) is 13.5. The van der Waals surface area contributed by atoms with Crippen LogP contribution in [-0.2, 0) is 34.5 Å². The molecule has 1 aliphatic heterocycles. The highest BCUT2D eigenvalue weighted by Gasteiger charge is 2.55. The number of aromatic amines is 1. The van der Waals surface area contributed by atoms with Gasteiger partial charge in [0, 0.05) is 12.3 Å². The second-order valence-electron chi connectivity index (χ2n) is 9.47. The lowest BCUT2D eigenvalue weighted by molar-refractivity contribution is -0.149. The van der Waals surface area contributed by atoms with Crippen LogP contribution in [0.15, 0.2) is 46.1 Å². The molecule has 1 aliphatic rings. The number of esters is 1. The molecule has 14 heteroatoms. The summed E-state index contributed by atoms with van der Waals surface area (Å²) in [4.78, 5) is 37.9. The summed E-state index contributed by atoms with van der Waals surface area (Å²) in [6.07, 6.45) is -4.18. The molecule has 1 saturated heterocycles. The molecular formula is C24H33FN3O9P. The van der Waals surface area contributed by atoms with Gasteiger partial charge in [0.1, 0.15) is 18.2 Å². The number of carbonyl (C=O) groups excluding carboxylic acids is 1. The van der Waals surface area contributed by atoms with Crippen molar-refractivity contribution in [3.05, 3.63) is 68.5 Å². The van der Waals surface area contributed by atoms with Crippen LogP contribution in [0.4, 0.5) is 4.39 Å². The Kier molecular flexibility index (Phi) is 9.45. The number of ether oxygens (including phenoxy) is 2. The van der Waals surface area contributed by atoms with E-state index in [1.54, 1.807) is 26.0 Å². The van der Waals surface area contributed by atoms with E-state index in [1.165, 1.54) is 6.92 Å². The number of hydrogen-bond donors (Lipinski definition) is 3. The van der Waals surface area contributed by atoms with Gasteiger partial charge in [-0.3, -0.25) is 28.2 Å². The summed E-state index contributed by atoms with van der Waals surface area (Å²) in [5.74, 6) is -0.700. The first-order valence-electron chi connectivity index (χ1n) is 12.0. The standard InChI is InChI=1S/C24H33FN3O9P/c1-14(2)36-21(31)16(4)27-38(33,34-12-17-9-7-6-8-15(17)3)35-13-18-20(30)24(5,25)22(37-18)28-11-10-19(29)26-23(28)32/h6-11,14,16,18,20,22,30H,12-13H2,1-5H3,(H,27,33)(H,26,29,32)/t16-,18+,20+,22+,24+,38+/m0/s1. The van der Waals surface area contributed by atoms with Gasteiger partial charge in [-0.15, -0.1) is 0 Å². The molecule has 1 fully saturated rings. The molecule has 12 nitrogen and oxygen atoms in total. The van der Waals surface area contributed by atoms with Crippen LogP contribution < -0.4 is 16.3 Å². The van der Waals surface area contributed by atoms with Crippen molar-refractivity contribution in [3.8, 4) is 0 Å². The Labute approximate surface area is 218 Å². The van der Waals surface area contributed by atoms with Crippen molar-refractivity contribution in [1.82, 2.24) is 14.6 Å². The number of nitrogens with zero attached hydrogens (tertiary/aromatic N) is 1. The third-order valence-corrected chi connectivity index (χ3v) is 7.60. The van der Waals surface area contributed by atoms with Gasteiger partial charge in [0.05, 0.1) is 19.3 Å². The molecule has 0 radical (unpaired) electrons. The summed E-state index contributed by atoms with van der Waals surface area (Å²) in [5.41, 5.74) is -2.53. The molecule has 210 valence electrons. The zero-order valence-corrected chi connectivity index (χ0v) is 22.6. The molecule has 1 aromatic heterocycles. The summed E-state index contributed by atoms with van der Waals surface area (Å²) in [7, 11) is -4.27. The summed E-state index contributed by atoms with van der Waals surface area (Å²) in [5, 5.41) is 13.1. The van der Waals surface area contributed by atoms with Crippen molar-refractivity contribution in [1.29, 1.82) is 0 Å². The number of hydrogen-bond acceptors (Lipinski definition) is 9. The Hall–Kier alpha value is -2.67. The van der Waals surface area contributed by atoms with Crippen LogP contribution in [0.1, 0.15) is 45.0 Å². The van der Waals surface area contributed by atoms with Crippen molar-refractivity contribution in [2.24, 2.45) is 0 Å². The van der Waals surface area contributed by atoms with Crippen molar-refractivity contribution in [2.75, 3.05) is 6.61 Å². The van der Waals surface area contributed by atoms with Gasteiger partial charge in [0.25, 0.3) is 5.56 Å². The van der Waals surface area contributed by atoms with Gasteiger partial charge in [-0.1, -0.05) is 24.3 Å². The molecule has 3 rings (SSSR count). The average Bonchev–Trinajstić information content (AvgIpc) is 3.05. The maximum Gasteiger partial charge on any atom is 0.406 e. The Morgan fingerprint density at radius 2 is 1.95 bits per heavy atom. The number of aromatic nitrogens is 2. The Morgan fingerprint density at radius 3 is 2.58 bits per heavy atom. The number of H-pyrrole nitrogens is 1. The molecule has 1 aromatic carbocycles. The molecule has 0 unspecified atom stereocenters. The van der Waals surface area contributed by atoms with Crippen LogP contribution >= 0.6 is 7.75 Å². The fourth-order valence-electron chi connectivity index (χ4n) is 3.80. The lowest BCUT2D eigenvalue weighted by Crippen LogP contribution is -2.43. The molecule has 0 amide bonds. The Bertz CT molecular complexity index is 1300. The van der Waals surface area contributed by atoms with Crippen LogP contribution in [0.3, 0.4) is 0 Å². The predicted octanol–water partition coefficient (Wildman–Crippen LogP) is 2.10. The number of aliphatic hydroxyl groups is 1. The van der Waals surface area contributed by atoms with Crippen LogP contribution in [0.2, 0.25) is 0 Å². The molecule has 2 aromatic rings. The molecule has 6 atom stereocenters. The van der Waals surface area contributed by atoms with E-state index in [4.69, 9.17) is 18.5 Å². The topological polar surface area (TPSA) is 158 Å². The number of benzene rings is 1. The van der Waals surface area contributed by atoms with Gasteiger partial charge in [0.15, 0.2) is 11.9 Å². The van der Waals surface area contributed by atoms with Crippen molar-refractivity contribution >= 4 is 13.7 Å². The highest BCUT2D eigenvalue weighted by Crippen LogP contribution is 2.48. The minimum Gasteiger partial charge on any atom is -0.462 e. The summed E-state index contributed by atoms with van der Waals surface area (Å²) in [6, 6.07) is 7.11. The average molecular weight is 558 g/mol. The monoisotopic (exact) mass is 557 g/mol. The number of carbonyl (C=O) groups is 1. The lowest BCUT2D eigenvalue weighted by atomic mass is 9.98. The molecule has 3 N–H and O–H groups in total. The van der Waals surface area contributed by atoms with E-state index in [-0.39, 0.29) is 6.61 Å². The van der Waals surface area contributed by atoms with E-state index in [0.717, 1.165) is 29.3 Å². The third-order valence-electron chi connectivity index (χ3n) is 5.94. The van der Waals surface area contributed by atoms with E-state index in [9.17, 15) is 24.1 Å². The summed E-state index contributed by atoms with van der Waals surface area (Å²) in [6.45, 7) is 6.82. The number of nitrogens with one attached hydrogen (secondary N) is 2. The van der Waals surface area contributed by atoms with Crippen molar-refractivity contribution < 1.29 is 37.4 Å². The van der Waals surface area contributed by atoms with E-state index < -0.39 is 67.8 Å². The molecule has 2 heterocycles. The smallest absolute Gasteiger partial charge is 0.406 e. The van der Waals surface area contributed by atoms with Gasteiger partial charge in [-0.25, -0.2) is 18.8 Å². The Morgan fingerprint density at radius 1 is 1.26 bits per heavy atom. The lowest BCUT2D eigenvalue weighted by Gasteiger charge is -2.25. The van der Waals surface area contributed by atoms with Gasteiger partial charge in [0.2, 0.25) is 0 Å².